The standard InChI is InChI=1S/C4H8N2S4.2C3H6NS3.Zn/c7-3(8)5-1-2-6-4(9)10;2*1-6-4(3-5)7-2;/h1-2H2,(H2,5,7,8)(H2,6,9,10);2*1-2H3;. The summed E-state index contributed by atoms with van der Waals surface area (Å²) in [5.74, 6) is 0. The van der Waals surface area contributed by atoms with Crippen LogP contribution >= 0.6 is 122 Å². The Kier molecular flexibility index (Phi) is 23.1. The molecule has 4 nitrogen and oxygen atoms in total. The van der Waals surface area contributed by atoms with E-state index < -0.39 is 17.1 Å². The second kappa shape index (κ2) is 19.6. The van der Waals surface area contributed by atoms with E-state index in [2.05, 4.69) is 67.7 Å². The van der Waals surface area contributed by atoms with Crippen LogP contribution < -0.4 is 10.6 Å². The number of nitrogens with zero attached hydrogens (tertiary/aromatic N) is 2. The van der Waals surface area contributed by atoms with Crippen LogP contribution in [-0.2, 0) is 17.1 Å². The van der Waals surface area contributed by atoms with E-state index in [1.807, 2.05) is 25.0 Å². The van der Waals surface area contributed by atoms with E-state index in [1.54, 1.807) is 47.8 Å². The number of thiol groups is 2. The molecule has 0 saturated carbocycles. The quantitative estimate of drug-likeness (QED) is 0.105. The summed E-state index contributed by atoms with van der Waals surface area (Å²) in [5.41, 5.74) is 0. The maximum Gasteiger partial charge on any atom is 0.130 e. The van der Waals surface area contributed by atoms with Gasteiger partial charge in [0.1, 0.15) is 8.64 Å². The second-order valence-electron chi connectivity index (χ2n) is 3.67. The molecule has 142 valence electrons. The van der Waals surface area contributed by atoms with Gasteiger partial charge in [0.15, 0.2) is 0 Å². The fourth-order valence-electron chi connectivity index (χ4n) is 1.15. The van der Waals surface area contributed by atoms with Crippen molar-refractivity contribution in [3.8, 4) is 0 Å². The summed E-state index contributed by atoms with van der Waals surface area (Å²) in [6, 6.07) is 0. The zero-order valence-corrected chi connectivity index (χ0v) is 25.5. The fraction of sp³-hybridized carbons (Fsp3) is 0.600. The molecule has 2 N–H and O–H groups in total. The summed E-state index contributed by atoms with van der Waals surface area (Å²) in [6.45, 7) is 1.42. The van der Waals surface area contributed by atoms with E-state index in [1.165, 1.54) is 0 Å². The molecule has 0 aromatic heterocycles. The molecular weight excluding hydrogens is 562 g/mol. The first-order valence-corrected chi connectivity index (χ1v) is 16.7. The topological polar surface area (TPSA) is 30.5 Å². The molecule has 0 heterocycles. The third-order valence-corrected chi connectivity index (χ3v) is 13.5. The van der Waals surface area contributed by atoms with Gasteiger partial charge in [-0.3, -0.25) is 0 Å². The zero-order chi connectivity index (χ0) is 19.8. The molecule has 0 saturated heterocycles. The molecule has 0 aromatic carbocycles. The number of hydrogen-bond acceptors (Lipinski definition) is 8. The normalized spacial score (nSPS) is 9.04. The molecule has 0 rings (SSSR count). The molecule has 0 spiro atoms. The van der Waals surface area contributed by atoms with Crippen LogP contribution in [0.15, 0.2) is 0 Å². The van der Waals surface area contributed by atoms with Crippen molar-refractivity contribution < 1.29 is 17.1 Å². The molecule has 0 amide bonds. The van der Waals surface area contributed by atoms with E-state index in [-0.39, 0.29) is 0 Å². The van der Waals surface area contributed by atoms with Crippen LogP contribution in [0.1, 0.15) is 0 Å². The van der Waals surface area contributed by atoms with Gasteiger partial charge >= 0.3 is 129 Å². The minimum absolute atomic E-state index is 0.492. The summed E-state index contributed by atoms with van der Waals surface area (Å²) >= 11 is 33.3. The Balaban J connectivity index is 0. The van der Waals surface area contributed by atoms with Crippen LogP contribution in [0.2, 0.25) is 0 Å². The van der Waals surface area contributed by atoms with Gasteiger partial charge in [-0.15, -0.1) is 25.3 Å². The van der Waals surface area contributed by atoms with Crippen LogP contribution in [-0.4, -0.2) is 61.3 Å². The van der Waals surface area contributed by atoms with Crippen LogP contribution in [0.25, 0.3) is 0 Å². The van der Waals surface area contributed by atoms with Crippen molar-refractivity contribution in [1.29, 1.82) is 0 Å². The van der Waals surface area contributed by atoms with Crippen molar-refractivity contribution in [2.75, 3.05) is 38.1 Å². The largest absolute Gasteiger partial charge is 0.369 e. The van der Waals surface area contributed by atoms with Gasteiger partial charge in [-0.1, -0.05) is 24.4 Å². The fourth-order valence-corrected chi connectivity index (χ4v) is 12.1. The molecule has 0 fully saturated rings. The van der Waals surface area contributed by atoms with E-state index in [4.69, 9.17) is 24.4 Å². The smallest absolute Gasteiger partial charge is 0.130 e. The zero-order valence-electron chi connectivity index (χ0n) is 14.2. The number of rotatable bonds is 9. The Bertz CT molecular complexity index is 392. The summed E-state index contributed by atoms with van der Waals surface area (Å²) < 4.78 is 7.26. The van der Waals surface area contributed by atoms with Gasteiger partial charge in [-0.25, -0.2) is 0 Å². The summed E-state index contributed by atoms with van der Waals surface area (Å²) in [6.07, 6.45) is 8.15. The van der Waals surface area contributed by atoms with Gasteiger partial charge in [0.25, 0.3) is 0 Å². The van der Waals surface area contributed by atoms with Crippen molar-refractivity contribution in [1.82, 2.24) is 18.1 Å². The first-order chi connectivity index (χ1) is 11.7. The predicted octanol–water partition coefficient (Wildman–Crippen LogP) is 3.95. The molecule has 0 bridgehead atoms. The van der Waals surface area contributed by atoms with E-state index >= 15 is 0 Å². The van der Waals surface area contributed by atoms with Crippen molar-refractivity contribution >= 4 is 138 Å². The molecule has 0 aliphatic rings. The Morgan fingerprint density at radius 3 is 1.24 bits per heavy atom. The number of thiocarbonyl (C=S) groups is 4. The van der Waals surface area contributed by atoms with Gasteiger partial charge in [0, 0.05) is 13.1 Å². The average Bonchev–Trinajstić information content (AvgIpc) is 2.54. The van der Waals surface area contributed by atoms with Gasteiger partial charge in [-0.05, 0) is 0 Å². The van der Waals surface area contributed by atoms with Crippen LogP contribution in [0.4, 0.5) is 0 Å². The third-order valence-electron chi connectivity index (χ3n) is 2.05. The molecule has 0 radical (unpaired) electrons. The van der Waals surface area contributed by atoms with Crippen molar-refractivity contribution in [3.05, 3.63) is 0 Å². The minimum atomic E-state index is -1.11. The summed E-state index contributed by atoms with van der Waals surface area (Å²) in [7, 11) is 0. The molecule has 15 heteroatoms. The van der Waals surface area contributed by atoms with Gasteiger partial charge in [-0.2, -0.15) is 0 Å². The summed E-state index contributed by atoms with van der Waals surface area (Å²) in [4.78, 5) is 0. The van der Waals surface area contributed by atoms with Gasteiger partial charge in [0.05, 0.1) is 0 Å². The SMILES string of the molecule is CSN(SC)[C](=S)[Zn][C](=S)N(SC)SC.S=C(S)NCCNC(=S)S. The first-order valence-electron chi connectivity index (χ1n) is 6.49. The van der Waals surface area contributed by atoms with Crippen LogP contribution in [0.3, 0.4) is 0 Å². The third kappa shape index (κ3) is 18.1. The molecule has 25 heavy (non-hydrogen) atoms. The monoisotopic (exact) mass is 580 g/mol. The Morgan fingerprint density at radius 1 is 0.760 bits per heavy atom. The molecule has 0 aliphatic heterocycles. The van der Waals surface area contributed by atoms with Crippen LogP contribution in [0.5, 0.6) is 0 Å². The van der Waals surface area contributed by atoms with E-state index in [9.17, 15) is 0 Å². The van der Waals surface area contributed by atoms with Crippen molar-refractivity contribution in [2.24, 2.45) is 0 Å². The average molecular weight is 582 g/mol. The van der Waals surface area contributed by atoms with Crippen molar-refractivity contribution in [2.45, 2.75) is 0 Å². The number of hydrogen-bond donors (Lipinski definition) is 4. The maximum absolute atomic E-state index is 5.40. The van der Waals surface area contributed by atoms with E-state index in [0.717, 1.165) is 7.17 Å². The Morgan fingerprint density at radius 2 is 1.04 bits per heavy atom. The van der Waals surface area contributed by atoms with Crippen LogP contribution in [0, 0.1) is 0 Å². The maximum atomic E-state index is 5.40. The minimum Gasteiger partial charge on any atom is -0.369 e. The molecule has 0 unspecified atom stereocenters. The predicted molar refractivity (Wildman–Crippen MR) is 142 cm³/mol. The second-order valence-corrected chi connectivity index (χ2v) is 16.0. The Labute approximate surface area is 208 Å². The van der Waals surface area contributed by atoms with Crippen molar-refractivity contribution in [3.63, 3.8) is 0 Å². The molecule has 0 aromatic rings. The van der Waals surface area contributed by atoms with Gasteiger partial charge < -0.3 is 10.6 Å². The first kappa shape index (κ1) is 29.5. The molecule has 0 atom stereocenters. The number of nitrogens with one attached hydrogen (secondary N) is 2. The van der Waals surface area contributed by atoms with E-state index in [0.29, 0.717) is 21.7 Å². The molecular formula is C10H20N4S10Zn. The summed E-state index contributed by atoms with van der Waals surface area (Å²) in [5, 5.41) is 5.68. The van der Waals surface area contributed by atoms with Gasteiger partial charge in [0.2, 0.25) is 0 Å². The Hall–Kier alpha value is 2.28. The molecule has 0 aliphatic carbocycles.